The van der Waals surface area contributed by atoms with E-state index in [1.807, 2.05) is 36.4 Å². The van der Waals surface area contributed by atoms with Crippen LogP contribution >= 0.6 is 11.6 Å². The summed E-state index contributed by atoms with van der Waals surface area (Å²) in [6.45, 7) is 0.307. The van der Waals surface area contributed by atoms with E-state index >= 15 is 0 Å². The normalized spacial score (nSPS) is 10.6. The highest BCUT2D eigenvalue weighted by Crippen LogP contribution is 2.29. The molecule has 142 valence electrons. The van der Waals surface area contributed by atoms with Crippen LogP contribution in [-0.2, 0) is 6.61 Å². The van der Waals surface area contributed by atoms with Gasteiger partial charge in [0.05, 0.1) is 13.3 Å². The zero-order valence-corrected chi connectivity index (χ0v) is 16.0. The van der Waals surface area contributed by atoms with Crippen molar-refractivity contribution < 1.29 is 14.3 Å². The van der Waals surface area contributed by atoms with Gasteiger partial charge in [-0.3, -0.25) is 4.79 Å². The fraction of sp³-hybridized carbons (Fsp3) is 0.0909. The molecule has 28 heavy (non-hydrogen) atoms. The molecule has 0 fully saturated rings. The molecule has 6 heteroatoms. The van der Waals surface area contributed by atoms with E-state index in [0.717, 1.165) is 11.1 Å². The van der Waals surface area contributed by atoms with Gasteiger partial charge in [0.25, 0.3) is 5.91 Å². The average molecular weight is 395 g/mol. The van der Waals surface area contributed by atoms with Crippen molar-refractivity contribution in [1.82, 2.24) is 5.43 Å². The Morgan fingerprint density at radius 3 is 2.54 bits per heavy atom. The monoisotopic (exact) mass is 394 g/mol. The third-order valence-corrected chi connectivity index (χ3v) is 4.31. The molecule has 1 amide bonds. The van der Waals surface area contributed by atoms with E-state index in [-0.39, 0.29) is 5.91 Å². The molecule has 3 aromatic carbocycles. The van der Waals surface area contributed by atoms with E-state index in [9.17, 15) is 4.79 Å². The molecule has 0 radical (unpaired) electrons. The van der Waals surface area contributed by atoms with Gasteiger partial charge in [-0.2, -0.15) is 5.10 Å². The Morgan fingerprint density at radius 1 is 1.04 bits per heavy atom. The van der Waals surface area contributed by atoms with Gasteiger partial charge in [-0.15, -0.1) is 0 Å². The third kappa shape index (κ3) is 5.11. The van der Waals surface area contributed by atoms with Crippen molar-refractivity contribution in [2.75, 3.05) is 7.11 Å². The van der Waals surface area contributed by atoms with E-state index in [4.69, 9.17) is 21.1 Å². The minimum atomic E-state index is -0.277. The number of hydrogen-bond acceptors (Lipinski definition) is 4. The average Bonchev–Trinajstić information content (AvgIpc) is 2.74. The lowest BCUT2D eigenvalue weighted by Gasteiger charge is -2.12. The maximum absolute atomic E-state index is 12.0. The summed E-state index contributed by atoms with van der Waals surface area (Å²) in [5.74, 6) is 0.874. The molecule has 0 heterocycles. The van der Waals surface area contributed by atoms with Crippen LogP contribution in [0.1, 0.15) is 21.5 Å². The van der Waals surface area contributed by atoms with E-state index in [1.54, 1.807) is 49.7 Å². The molecular formula is C22H19ClN2O3. The van der Waals surface area contributed by atoms with Gasteiger partial charge in [0, 0.05) is 16.1 Å². The Bertz CT molecular complexity index is 975. The van der Waals surface area contributed by atoms with Crippen molar-refractivity contribution in [2.45, 2.75) is 6.61 Å². The molecule has 0 bridgehead atoms. The molecule has 5 nitrogen and oxygen atoms in total. The quantitative estimate of drug-likeness (QED) is 0.467. The number of carbonyl (C=O) groups is 1. The first kappa shape index (κ1) is 19.5. The van der Waals surface area contributed by atoms with E-state index in [2.05, 4.69) is 10.5 Å². The molecule has 1 N–H and O–H groups in total. The molecule has 0 atom stereocenters. The summed E-state index contributed by atoms with van der Waals surface area (Å²) in [7, 11) is 1.57. The third-order valence-electron chi connectivity index (χ3n) is 3.94. The lowest BCUT2D eigenvalue weighted by molar-refractivity contribution is 0.0955. The van der Waals surface area contributed by atoms with Gasteiger partial charge in [-0.25, -0.2) is 5.43 Å². The van der Waals surface area contributed by atoms with E-state index in [1.165, 1.54) is 0 Å². The van der Waals surface area contributed by atoms with Gasteiger partial charge in [-0.1, -0.05) is 48.0 Å². The predicted molar refractivity (Wildman–Crippen MR) is 110 cm³/mol. The van der Waals surface area contributed by atoms with Gasteiger partial charge < -0.3 is 9.47 Å². The highest BCUT2D eigenvalue weighted by Gasteiger charge is 2.07. The fourth-order valence-corrected chi connectivity index (χ4v) is 2.67. The second-order valence-corrected chi connectivity index (χ2v) is 6.26. The van der Waals surface area contributed by atoms with Crippen LogP contribution < -0.4 is 14.9 Å². The molecule has 3 rings (SSSR count). The standard InChI is InChI=1S/C22H19ClN2O3/c1-27-20-12-11-16(14-24-25-22(26)17-7-3-2-4-8-17)13-21(20)28-15-18-9-5-6-10-19(18)23/h2-14H,15H2,1H3,(H,25,26). The lowest BCUT2D eigenvalue weighted by Crippen LogP contribution is -2.17. The molecule has 0 aliphatic rings. The number of amides is 1. The Balaban J connectivity index is 1.68. The second-order valence-electron chi connectivity index (χ2n) is 5.86. The summed E-state index contributed by atoms with van der Waals surface area (Å²) in [6, 6.07) is 21.8. The summed E-state index contributed by atoms with van der Waals surface area (Å²) in [6.07, 6.45) is 1.54. The fourth-order valence-electron chi connectivity index (χ4n) is 2.48. The number of methoxy groups -OCH3 is 1. The number of nitrogens with zero attached hydrogens (tertiary/aromatic N) is 1. The van der Waals surface area contributed by atoms with Crippen LogP contribution in [0.2, 0.25) is 5.02 Å². The first-order chi connectivity index (χ1) is 13.7. The van der Waals surface area contributed by atoms with E-state index in [0.29, 0.717) is 28.7 Å². The van der Waals surface area contributed by atoms with Crippen molar-refractivity contribution in [3.05, 3.63) is 94.5 Å². The SMILES string of the molecule is COc1ccc(C=NNC(=O)c2ccccc2)cc1OCc1ccccc1Cl. The number of benzene rings is 3. The van der Waals surface area contributed by atoms with Gasteiger partial charge >= 0.3 is 0 Å². The van der Waals surface area contributed by atoms with Gasteiger partial charge in [-0.05, 0) is 42.0 Å². The lowest BCUT2D eigenvalue weighted by atomic mass is 10.2. The predicted octanol–water partition coefficient (Wildman–Crippen LogP) is 4.69. The molecule has 0 aliphatic heterocycles. The van der Waals surface area contributed by atoms with Crippen molar-refractivity contribution in [3.63, 3.8) is 0 Å². The maximum atomic E-state index is 12.0. The zero-order valence-electron chi connectivity index (χ0n) is 15.3. The van der Waals surface area contributed by atoms with Crippen LogP contribution in [-0.4, -0.2) is 19.2 Å². The topological polar surface area (TPSA) is 59.9 Å². The Morgan fingerprint density at radius 2 is 1.79 bits per heavy atom. The minimum absolute atomic E-state index is 0.277. The van der Waals surface area contributed by atoms with Crippen LogP contribution in [0.3, 0.4) is 0 Å². The molecule has 0 aliphatic carbocycles. The first-order valence-electron chi connectivity index (χ1n) is 8.60. The number of halogens is 1. The van der Waals surface area contributed by atoms with Gasteiger partial charge in [0.15, 0.2) is 11.5 Å². The Kier molecular flexibility index (Phi) is 6.65. The highest BCUT2D eigenvalue weighted by molar-refractivity contribution is 6.31. The van der Waals surface area contributed by atoms with Crippen molar-refractivity contribution in [2.24, 2.45) is 5.10 Å². The smallest absolute Gasteiger partial charge is 0.271 e. The number of rotatable bonds is 7. The van der Waals surface area contributed by atoms with Crippen LogP contribution in [0.25, 0.3) is 0 Å². The van der Waals surface area contributed by atoms with Crippen molar-refractivity contribution in [1.29, 1.82) is 0 Å². The Hall–Kier alpha value is -3.31. The number of nitrogens with one attached hydrogen (secondary N) is 1. The largest absolute Gasteiger partial charge is 0.493 e. The summed E-state index contributed by atoms with van der Waals surface area (Å²) >= 11 is 6.17. The molecule has 0 unspecified atom stereocenters. The summed E-state index contributed by atoms with van der Waals surface area (Å²) in [4.78, 5) is 12.0. The number of hydrazone groups is 1. The molecular weight excluding hydrogens is 376 g/mol. The minimum Gasteiger partial charge on any atom is -0.493 e. The van der Waals surface area contributed by atoms with E-state index < -0.39 is 0 Å². The summed E-state index contributed by atoms with van der Waals surface area (Å²) in [5, 5.41) is 4.65. The maximum Gasteiger partial charge on any atom is 0.271 e. The summed E-state index contributed by atoms with van der Waals surface area (Å²) < 4.78 is 11.2. The molecule has 0 saturated carbocycles. The molecule has 0 aromatic heterocycles. The van der Waals surface area contributed by atoms with Crippen LogP contribution in [0.4, 0.5) is 0 Å². The first-order valence-corrected chi connectivity index (χ1v) is 8.98. The zero-order chi connectivity index (χ0) is 19.8. The molecule has 0 saturated heterocycles. The van der Waals surface area contributed by atoms with Gasteiger partial charge in [0.2, 0.25) is 0 Å². The molecule has 3 aromatic rings. The van der Waals surface area contributed by atoms with Gasteiger partial charge in [0.1, 0.15) is 6.61 Å². The van der Waals surface area contributed by atoms with Crippen molar-refractivity contribution in [3.8, 4) is 11.5 Å². The number of carbonyl (C=O) groups excluding carboxylic acids is 1. The second kappa shape index (κ2) is 9.58. The number of ether oxygens (including phenoxy) is 2. The molecule has 0 spiro atoms. The van der Waals surface area contributed by atoms with Crippen molar-refractivity contribution >= 4 is 23.7 Å². The van der Waals surface area contributed by atoms with Crippen LogP contribution in [0.15, 0.2) is 77.9 Å². The highest BCUT2D eigenvalue weighted by atomic mass is 35.5. The summed E-state index contributed by atoms with van der Waals surface area (Å²) in [5.41, 5.74) is 4.67. The van der Waals surface area contributed by atoms with Crippen LogP contribution in [0.5, 0.6) is 11.5 Å². The van der Waals surface area contributed by atoms with Crippen LogP contribution in [0, 0.1) is 0 Å². The number of hydrogen-bond donors (Lipinski definition) is 1. The Labute approximate surface area is 168 Å².